The van der Waals surface area contributed by atoms with E-state index in [2.05, 4.69) is 50.2 Å². The van der Waals surface area contributed by atoms with Gasteiger partial charge in [0.25, 0.3) is 0 Å². The molecule has 0 saturated heterocycles. The van der Waals surface area contributed by atoms with E-state index in [4.69, 9.17) is 0 Å². The van der Waals surface area contributed by atoms with Crippen molar-refractivity contribution in [2.75, 3.05) is 12.4 Å². The molecule has 0 radical (unpaired) electrons. The zero-order chi connectivity index (χ0) is 10.8. The highest BCUT2D eigenvalue weighted by molar-refractivity contribution is 14.1. The number of nitrogens with one attached hydrogen (secondary N) is 1. The van der Waals surface area contributed by atoms with Crippen LogP contribution in [0.2, 0.25) is 0 Å². The van der Waals surface area contributed by atoms with Crippen molar-refractivity contribution in [2.24, 2.45) is 7.05 Å². The Morgan fingerprint density at radius 3 is 2.73 bits per heavy atom. The topological polar surface area (TPSA) is 42.7 Å². The molecular weight excluding hydrogens is 303 g/mol. The van der Waals surface area contributed by atoms with Crippen molar-refractivity contribution in [3.05, 3.63) is 27.8 Å². The minimum Gasteiger partial charge on any atom is -0.357 e. The second-order valence-electron chi connectivity index (χ2n) is 3.17. The fraction of sp³-hybridized carbons (Fsp3) is 0.200. The molecule has 0 aliphatic rings. The van der Waals surface area contributed by atoms with Crippen molar-refractivity contribution in [1.29, 1.82) is 0 Å². The Bertz CT molecular complexity index is 478. The maximum Gasteiger partial charge on any atom is 0.224 e. The standard InChI is InChI=1S/C10H11IN4/c1-12-10-14-13-9(15(10)2)7-4-3-5-8(11)6-7/h3-6H,1-2H3,(H,12,14). The SMILES string of the molecule is CNc1nnc(-c2cccc(I)c2)n1C. The summed E-state index contributed by atoms with van der Waals surface area (Å²) in [6.07, 6.45) is 0. The van der Waals surface area contributed by atoms with E-state index in [1.54, 1.807) is 0 Å². The second kappa shape index (κ2) is 4.18. The summed E-state index contributed by atoms with van der Waals surface area (Å²) in [5.74, 6) is 1.64. The zero-order valence-corrected chi connectivity index (χ0v) is 10.7. The quantitative estimate of drug-likeness (QED) is 0.864. The van der Waals surface area contributed by atoms with Crippen LogP contribution >= 0.6 is 22.6 Å². The Kier molecular flexibility index (Phi) is 2.90. The molecule has 0 unspecified atom stereocenters. The molecule has 78 valence electrons. The molecule has 0 fully saturated rings. The highest BCUT2D eigenvalue weighted by Gasteiger charge is 2.08. The number of rotatable bonds is 2. The van der Waals surface area contributed by atoms with Crippen molar-refractivity contribution in [3.8, 4) is 11.4 Å². The maximum atomic E-state index is 4.15. The lowest BCUT2D eigenvalue weighted by molar-refractivity contribution is 0.925. The molecule has 2 rings (SSSR count). The molecule has 0 aliphatic heterocycles. The molecule has 0 spiro atoms. The van der Waals surface area contributed by atoms with Crippen molar-refractivity contribution in [1.82, 2.24) is 14.8 Å². The largest absolute Gasteiger partial charge is 0.357 e. The van der Waals surface area contributed by atoms with Crippen molar-refractivity contribution < 1.29 is 0 Å². The summed E-state index contributed by atoms with van der Waals surface area (Å²) in [6, 6.07) is 8.19. The number of aromatic nitrogens is 3. The lowest BCUT2D eigenvalue weighted by atomic mass is 10.2. The molecule has 5 heteroatoms. The Morgan fingerprint density at radius 1 is 1.33 bits per heavy atom. The Balaban J connectivity index is 2.49. The number of nitrogens with zero attached hydrogens (tertiary/aromatic N) is 3. The summed E-state index contributed by atoms with van der Waals surface area (Å²) in [5, 5.41) is 11.2. The van der Waals surface area contributed by atoms with E-state index in [-0.39, 0.29) is 0 Å². The van der Waals surface area contributed by atoms with Gasteiger partial charge in [-0.2, -0.15) is 0 Å². The third-order valence-electron chi connectivity index (χ3n) is 2.18. The smallest absolute Gasteiger partial charge is 0.224 e. The molecule has 4 nitrogen and oxygen atoms in total. The molecular formula is C10H11IN4. The van der Waals surface area contributed by atoms with E-state index in [9.17, 15) is 0 Å². The molecule has 0 saturated carbocycles. The number of hydrogen-bond acceptors (Lipinski definition) is 3. The highest BCUT2D eigenvalue weighted by atomic mass is 127. The first-order chi connectivity index (χ1) is 7.22. The molecule has 1 N–H and O–H groups in total. The van der Waals surface area contributed by atoms with Gasteiger partial charge in [-0.15, -0.1) is 10.2 Å². The summed E-state index contributed by atoms with van der Waals surface area (Å²) in [6.45, 7) is 0. The summed E-state index contributed by atoms with van der Waals surface area (Å²) < 4.78 is 3.13. The highest BCUT2D eigenvalue weighted by Crippen LogP contribution is 2.20. The van der Waals surface area contributed by atoms with Crippen LogP contribution in [0.5, 0.6) is 0 Å². The summed E-state index contributed by atoms with van der Waals surface area (Å²) in [7, 11) is 3.78. The van der Waals surface area contributed by atoms with E-state index in [0.29, 0.717) is 0 Å². The summed E-state index contributed by atoms with van der Waals surface area (Å²) in [4.78, 5) is 0. The van der Waals surface area contributed by atoms with E-state index in [1.165, 1.54) is 3.57 Å². The Morgan fingerprint density at radius 2 is 2.13 bits per heavy atom. The van der Waals surface area contributed by atoms with Gasteiger partial charge in [0, 0.05) is 23.2 Å². The van der Waals surface area contributed by atoms with Crippen LogP contribution in [-0.2, 0) is 7.05 Å². The number of anilines is 1. The monoisotopic (exact) mass is 314 g/mol. The van der Waals surface area contributed by atoms with Gasteiger partial charge in [0.2, 0.25) is 5.95 Å². The maximum absolute atomic E-state index is 4.15. The molecule has 0 amide bonds. The van der Waals surface area contributed by atoms with Crippen LogP contribution in [0.1, 0.15) is 0 Å². The molecule has 0 atom stereocenters. The number of benzene rings is 1. The average Bonchev–Trinajstić information content (AvgIpc) is 2.59. The van der Waals surface area contributed by atoms with Crippen molar-refractivity contribution in [2.45, 2.75) is 0 Å². The minimum absolute atomic E-state index is 0.767. The van der Waals surface area contributed by atoms with Crippen LogP contribution in [0.4, 0.5) is 5.95 Å². The van der Waals surface area contributed by atoms with Gasteiger partial charge in [0.05, 0.1) is 0 Å². The van der Waals surface area contributed by atoms with Gasteiger partial charge in [-0.25, -0.2) is 0 Å². The predicted molar refractivity (Wildman–Crippen MR) is 68.7 cm³/mol. The third-order valence-corrected chi connectivity index (χ3v) is 2.85. The fourth-order valence-corrected chi connectivity index (χ4v) is 1.97. The van der Waals surface area contributed by atoms with Crippen LogP contribution in [0.25, 0.3) is 11.4 Å². The normalized spacial score (nSPS) is 10.3. The van der Waals surface area contributed by atoms with Crippen molar-refractivity contribution >= 4 is 28.5 Å². The van der Waals surface area contributed by atoms with Gasteiger partial charge in [0.15, 0.2) is 5.82 Å². The zero-order valence-electron chi connectivity index (χ0n) is 8.53. The first kappa shape index (κ1) is 10.4. The molecule has 1 heterocycles. The molecule has 0 aliphatic carbocycles. The molecule has 1 aromatic carbocycles. The first-order valence-corrected chi connectivity index (χ1v) is 5.63. The minimum atomic E-state index is 0.767. The third kappa shape index (κ3) is 1.97. The summed E-state index contributed by atoms with van der Waals surface area (Å²) >= 11 is 2.29. The van der Waals surface area contributed by atoms with Crippen LogP contribution in [0, 0.1) is 3.57 Å². The van der Waals surface area contributed by atoms with Crippen molar-refractivity contribution in [3.63, 3.8) is 0 Å². The lowest BCUT2D eigenvalue weighted by Crippen LogP contribution is -1.99. The van der Waals surface area contributed by atoms with E-state index < -0.39 is 0 Å². The molecule has 0 bridgehead atoms. The van der Waals surface area contributed by atoms with Gasteiger partial charge in [-0.05, 0) is 34.7 Å². The average molecular weight is 314 g/mol. The lowest BCUT2D eigenvalue weighted by Gasteiger charge is -2.03. The van der Waals surface area contributed by atoms with E-state index >= 15 is 0 Å². The van der Waals surface area contributed by atoms with Gasteiger partial charge in [-0.1, -0.05) is 12.1 Å². The summed E-state index contributed by atoms with van der Waals surface area (Å²) in [5.41, 5.74) is 1.08. The predicted octanol–water partition coefficient (Wildman–Crippen LogP) is 2.13. The van der Waals surface area contributed by atoms with E-state index in [0.717, 1.165) is 17.3 Å². The first-order valence-electron chi connectivity index (χ1n) is 4.55. The fourth-order valence-electron chi connectivity index (χ4n) is 1.43. The van der Waals surface area contributed by atoms with Gasteiger partial charge < -0.3 is 5.32 Å². The number of hydrogen-bond donors (Lipinski definition) is 1. The molecule has 15 heavy (non-hydrogen) atoms. The Labute approximate surface area is 102 Å². The van der Waals surface area contributed by atoms with Crippen LogP contribution < -0.4 is 5.32 Å². The van der Waals surface area contributed by atoms with Gasteiger partial charge >= 0.3 is 0 Å². The number of halogens is 1. The van der Waals surface area contributed by atoms with Crippen LogP contribution in [0.3, 0.4) is 0 Å². The Hall–Kier alpha value is -1.11. The second-order valence-corrected chi connectivity index (χ2v) is 4.41. The van der Waals surface area contributed by atoms with Crippen LogP contribution in [-0.4, -0.2) is 21.8 Å². The van der Waals surface area contributed by atoms with E-state index in [1.807, 2.05) is 30.8 Å². The van der Waals surface area contributed by atoms with Gasteiger partial charge in [-0.3, -0.25) is 4.57 Å². The molecule has 1 aromatic heterocycles. The van der Waals surface area contributed by atoms with Gasteiger partial charge in [0.1, 0.15) is 0 Å². The molecule has 2 aromatic rings. The van der Waals surface area contributed by atoms with Crippen LogP contribution in [0.15, 0.2) is 24.3 Å².